The van der Waals surface area contributed by atoms with Gasteiger partial charge in [0, 0.05) is 12.4 Å². The molecule has 0 unspecified atom stereocenters. The van der Waals surface area contributed by atoms with Crippen molar-refractivity contribution in [1.82, 2.24) is 0 Å². The van der Waals surface area contributed by atoms with Gasteiger partial charge in [0.15, 0.2) is 0 Å². The Labute approximate surface area is 92.7 Å². The van der Waals surface area contributed by atoms with Crippen LogP contribution in [0.25, 0.3) is 0 Å². The van der Waals surface area contributed by atoms with E-state index in [0.29, 0.717) is 0 Å². The van der Waals surface area contributed by atoms with Crippen LogP contribution < -0.4 is 5.73 Å². The minimum absolute atomic E-state index is 0.775. The monoisotopic (exact) mass is 252 g/mol. The molecule has 3 heteroatoms. The molecule has 0 heterocycles. The molecule has 0 bridgehead atoms. The number of rotatable bonds is 3. The maximum atomic E-state index is 5.28. The lowest BCUT2D eigenvalue weighted by molar-refractivity contribution is 1.14. The highest BCUT2D eigenvalue weighted by Crippen LogP contribution is 2.13. The van der Waals surface area contributed by atoms with Gasteiger partial charge in [-0.2, -0.15) is 0 Å². The van der Waals surface area contributed by atoms with Crippen molar-refractivity contribution in [1.29, 1.82) is 0 Å². The minimum Gasteiger partial charge on any atom is -0.404 e. The van der Waals surface area contributed by atoms with Gasteiger partial charge in [0.05, 0.1) is 10.2 Å². The van der Waals surface area contributed by atoms with Crippen molar-refractivity contribution in [3.63, 3.8) is 0 Å². The summed E-state index contributed by atoms with van der Waals surface area (Å²) in [6.07, 6.45) is 4.20. The fraction of sp³-hybridized carbons (Fsp3) is 0.182. The van der Waals surface area contributed by atoms with Crippen molar-refractivity contribution < 1.29 is 0 Å². The largest absolute Gasteiger partial charge is 0.404 e. The predicted octanol–water partition coefficient (Wildman–Crippen LogP) is 3.15. The second kappa shape index (κ2) is 5.60. The smallest absolute Gasteiger partial charge is 0.0630 e. The zero-order valence-corrected chi connectivity index (χ0v) is 9.66. The van der Waals surface area contributed by atoms with Gasteiger partial charge in [-0.1, -0.05) is 19.1 Å². The molecule has 0 fully saturated rings. The molecule has 1 aromatic carbocycles. The Bertz CT molecular complexity index is 339. The van der Waals surface area contributed by atoms with Crippen LogP contribution in [0.1, 0.15) is 12.5 Å². The van der Waals surface area contributed by atoms with Crippen LogP contribution >= 0.6 is 15.9 Å². The third-order valence-electron chi connectivity index (χ3n) is 1.84. The van der Waals surface area contributed by atoms with Gasteiger partial charge in [0.25, 0.3) is 0 Å². The molecule has 0 aliphatic carbocycles. The third kappa shape index (κ3) is 3.34. The molecule has 0 atom stereocenters. The summed E-state index contributed by atoms with van der Waals surface area (Å²) in [6.45, 7) is 2.13. The standard InChI is InChI=1S/C11H13BrN2/c1-2-9-3-5-11(6-4-9)14-8-10(12)7-13/h3-8H,2,13H2,1H3/b10-7+,14-8?. The van der Waals surface area contributed by atoms with Gasteiger partial charge in [0.1, 0.15) is 0 Å². The van der Waals surface area contributed by atoms with Gasteiger partial charge < -0.3 is 5.73 Å². The van der Waals surface area contributed by atoms with Crippen LogP contribution in [-0.2, 0) is 6.42 Å². The first kappa shape index (κ1) is 11.0. The molecule has 1 rings (SSSR count). The van der Waals surface area contributed by atoms with E-state index in [1.165, 1.54) is 11.8 Å². The van der Waals surface area contributed by atoms with Crippen molar-refractivity contribution >= 4 is 27.8 Å². The fourth-order valence-corrected chi connectivity index (χ4v) is 1.10. The zero-order valence-electron chi connectivity index (χ0n) is 8.07. The van der Waals surface area contributed by atoms with Crippen LogP contribution in [0.4, 0.5) is 5.69 Å². The van der Waals surface area contributed by atoms with E-state index in [2.05, 4.69) is 40.0 Å². The van der Waals surface area contributed by atoms with Crippen LogP contribution in [0.15, 0.2) is 39.9 Å². The van der Waals surface area contributed by atoms with Crippen LogP contribution in [0.5, 0.6) is 0 Å². The Morgan fingerprint density at radius 3 is 2.57 bits per heavy atom. The number of nitrogens with two attached hydrogens (primary N) is 1. The maximum Gasteiger partial charge on any atom is 0.0630 e. The van der Waals surface area contributed by atoms with Crippen molar-refractivity contribution in [2.24, 2.45) is 10.7 Å². The zero-order chi connectivity index (χ0) is 10.4. The van der Waals surface area contributed by atoms with Crippen molar-refractivity contribution in [3.05, 3.63) is 40.5 Å². The average molecular weight is 253 g/mol. The molecule has 0 spiro atoms. The van der Waals surface area contributed by atoms with Crippen molar-refractivity contribution in [2.45, 2.75) is 13.3 Å². The summed E-state index contributed by atoms with van der Waals surface area (Å²) in [6, 6.07) is 8.14. The molecule has 0 aliphatic heterocycles. The molecule has 74 valence electrons. The van der Waals surface area contributed by atoms with Crippen LogP contribution in [0.2, 0.25) is 0 Å². The van der Waals surface area contributed by atoms with Crippen LogP contribution in [0, 0.1) is 0 Å². The average Bonchev–Trinajstić information content (AvgIpc) is 2.26. The summed E-state index contributed by atoms with van der Waals surface area (Å²) < 4.78 is 0.775. The second-order valence-corrected chi connectivity index (χ2v) is 3.75. The van der Waals surface area contributed by atoms with E-state index >= 15 is 0 Å². The van der Waals surface area contributed by atoms with E-state index in [4.69, 9.17) is 5.73 Å². The van der Waals surface area contributed by atoms with Crippen molar-refractivity contribution in [2.75, 3.05) is 0 Å². The van der Waals surface area contributed by atoms with E-state index in [1.54, 1.807) is 6.21 Å². The topological polar surface area (TPSA) is 38.4 Å². The normalized spacial score (nSPS) is 12.3. The highest BCUT2D eigenvalue weighted by molar-refractivity contribution is 9.12. The van der Waals surface area contributed by atoms with E-state index in [9.17, 15) is 0 Å². The number of benzene rings is 1. The number of hydrogen-bond donors (Lipinski definition) is 1. The van der Waals surface area contributed by atoms with Crippen LogP contribution in [-0.4, -0.2) is 6.21 Å². The number of hydrogen-bond acceptors (Lipinski definition) is 2. The number of nitrogens with zero attached hydrogens (tertiary/aromatic N) is 1. The molecule has 0 saturated heterocycles. The Kier molecular flexibility index (Phi) is 4.40. The quantitative estimate of drug-likeness (QED) is 0.825. The van der Waals surface area contributed by atoms with Gasteiger partial charge in [-0.15, -0.1) is 0 Å². The molecule has 0 amide bonds. The number of halogens is 1. The molecule has 0 aromatic heterocycles. The molecule has 0 radical (unpaired) electrons. The summed E-state index contributed by atoms with van der Waals surface area (Å²) in [4.78, 5) is 4.23. The van der Waals surface area contributed by atoms with Gasteiger partial charge in [-0.3, -0.25) is 4.99 Å². The Morgan fingerprint density at radius 1 is 1.43 bits per heavy atom. The van der Waals surface area contributed by atoms with E-state index in [-0.39, 0.29) is 0 Å². The van der Waals surface area contributed by atoms with E-state index < -0.39 is 0 Å². The number of aryl methyl sites for hydroxylation is 1. The number of allylic oxidation sites excluding steroid dienone is 1. The Balaban J connectivity index is 2.73. The molecule has 2 nitrogen and oxygen atoms in total. The Morgan fingerprint density at radius 2 is 2.07 bits per heavy atom. The first-order valence-corrected chi connectivity index (χ1v) is 5.26. The minimum atomic E-state index is 0.775. The highest BCUT2D eigenvalue weighted by atomic mass is 79.9. The molecule has 0 aliphatic rings. The Hall–Kier alpha value is -1.09. The summed E-state index contributed by atoms with van der Waals surface area (Å²) in [5, 5.41) is 0. The molecule has 0 saturated carbocycles. The SMILES string of the molecule is CCc1ccc(N=C/C(Br)=C\N)cc1. The maximum absolute atomic E-state index is 5.28. The highest BCUT2D eigenvalue weighted by Gasteiger charge is 1.90. The predicted molar refractivity (Wildman–Crippen MR) is 65.2 cm³/mol. The second-order valence-electron chi connectivity index (χ2n) is 2.83. The molecule has 2 N–H and O–H groups in total. The summed E-state index contributed by atoms with van der Waals surface area (Å²) >= 11 is 3.25. The first-order chi connectivity index (χ1) is 6.76. The molecule has 1 aromatic rings. The fourth-order valence-electron chi connectivity index (χ4n) is 0.997. The third-order valence-corrected chi connectivity index (χ3v) is 2.31. The van der Waals surface area contributed by atoms with Gasteiger partial charge in [-0.05, 0) is 40.0 Å². The first-order valence-electron chi connectivity index (χ1n) is 4.46. The van der Waals surface area contributed by atoms with Crippen molar-refractivity contribution in [3.8, 4) is 0 Å². The summed E-state index contributed by atoms with van der Waals surface area (Å²) in [5.41, 5.74) is 7.53. The lowest BCUT2D eigenvalue weighted by Crippen LogP contribution is -1.82. The van der Waals surface area contributed by atoms with Gasteiger partial charge in [-0.25, -0.2) is 0 Å². The van der Waals surface area contributed by atoms with E-state index in [1.807, 2.05) is 12.1 Å². The van der Waals surface area contributed by atoms with E-state index in [0.717, 1.165) is 16.6 Å². The lowest BCUT2D eigenvalue weighted by Gasteiger charge is -1.96. The molecular formula is C11H13BrN2. The molecular weight excluding hydrogens is 240 g/mol. The molecule has 14 heavy (non-hydrogen) atoms. The summed E-state index contributed by atoms with van der Waals surface area (Å²) in [5.74, 6) is 0. The van der Waals surface area contributed by atoms with Gasteiger partial charge in [0.2, 0.25) is 0 Å². The summed E-state index contributed by atoms with van der Waals surface area (Å²) in [7, 11) is 0. The lowest BCUT2D eigenvalue weighted by atomic mass is 10.2. The number of aliphatic imine (C=N–C) groups is 1. The van der Waals surface area contributed by atoms with Gasteiger partial charge >= 0.3 is 0 Å². The van der Waals surface area contributed by atoms with Crippen LogP contribution in [0.3, 0.4) is 0 Å².